The highest BCUT2D eigenvalue weighted by atomic mass is 28.3. The number of ether oxygens (including phenoxy) is 1. The summed E-state index contributed by atoms with van der Waals surface area (Å²) >= 11 is 0. The maximum atomic E-state index is 12.4. The number of nitrogens with one attached hydrogen (secondary N) is 1. The quantitative estimate of drug-likeness (QED) is 0.616. The van der Waals surface area contributed by atoms with Crippen molar-refractivity contribution >= 4 is 14.2 Å². The molecule has 25 heavy (non-hydrogen) atoms. The fourth-order valence-electron chi connectivity index (χ4n) is 2.48. The van der Waals surface area contributed by atoms with E-state index in [4.69, 9.17) is 4.74 Å². The summed E-state index contributed by atoms with van der Waals surface area (Å²) in [5.74, 6) is 9.54. The van der Waals surface area contributed by atoms with Crippen LogP contribution in [0, 0.1) is 23.3 Å². The predicted molar refractivity (Wildman–Crippen MR) is 102 cm³/mol. The van der Waals surface area contributed by atoms with Crippen LogP contribution in [0.25, 0.3) is 0 Å². The van der Waals surface area contributed by atoms with E-state index in [1.165, 1.54) is 0 Å². The van der Waals surface area contributed by atoms with Crippen molar-refractivity contribution in [2.75, 3.05) is 6.54 Å². The lowest BCUT2D eigenvalue weighted by Gasteiger charge is -2.27. The molecule has 134 valence electrons. The number of amides is 1. The molecule has 1 aliphatic heterocycles. The molecule has 1 aromatic rings. The Hall–Kier alpha value is -2.18. The highest BCUT2D eigenvalue weighted by molar-refractivity contribution is 6.83. The number of hydrogen-bond donors (Lipinski definition) is 1. The number of aromatic amines is 1. The summed E-state index contributed by atoms with van der Waals surface area (Å²) in [6.45, 7) is 12.8. The molecule has 0 saturated carbocycles. The molecule has 0 aliphatic carbocycles. The highest BCUT2D eigenvalue weighted by Gasteiger charge is 2.34. The molecule has 1 atom stereocenters. The van der Waals surface area contributed by atoms with Gasteiger partial charge in [0, 0.05) is 6.54 Å². The maximum absolute atomic E-state index is 12.4. The number of likely N-dealkylation sites (tertiary alicyclic amines) is 1. The minimum Gasteiger partial charge on any atom is -0.444 e. The van der Waals surface area contributed by atoms with Crippen LogP contribution in [0.3, 0.4) is 0 Å². The third-order valence-electron chi connectivity index (χ3n) is 3.49. The van der Waals surface area contributed by atoms with Crippen LogP contribution >= 0.6 is 0 Å². The zero-order chi connectivity index (χ0) is 18.7. The molecule has 5 nitrogen and oxygen atoms in total. The fraction of sp³-hybridized carbons (Fsp3) is 0.579. The van der Waals surface area contributed by atoms with Gasteiger partial charge in [0.05, 0.1) is 12.2 Å². The average Bonchev–Trinajstić information content (AvgIpc) is 3.09. The van der Waals surface area contributed by atoms with Crippen LogP contribution in [0.1, 0.15) is 51.2 Å². The summed E-state index contributed by atoms with van der Waals surface area (Å²) in [5, 5.41) is 0. The first kappa shape index (κ1) is 19.1. The molecular formula is C19H27N3O2Si. The van der Waals surface area contributed by atoms with Gasteiger partial charge in [-0.05, 0) is 51.4 Å². The molecule has 2 rings (SSSR count). The van der Waals surface area contributed by atoms with E-state index in [-0.39, 0.29) is 12.1 Å². The Morgan fingerprint density at radius 1 is 1.36 bits per heavy atom. The number of aromatic nitrogens is 2. The first-order valence-corrected chi connectivity index (χ1v) is 12.1. The van der Waals surface area contributed by atoms with Gasteiger partial charge < -0.3 is 9.72 Å². The SMILES string of the molecule is CC(C)(C)OC(=O)N1CCC[C@H]1c1ncc(C#CC#C[Si](C)(C)C)[nH]1. The molecule has 0 radical (unpaired) electrons. The van der Waals surface area contributed by atoms with Gasteiger partial charge in [0.15, 0.2) is 0 Å². The Morgan fingerprint density at radius 2 is 2.08 bits per heavy atom. The number of nitrogens with zero attached hydrogens (tertiary/aromatic N) is 2. The lowest BCUT2D eigenvalue weighted by Crippen LogP contribution is -2.36. The monoisotopic (exact) mass is 357 g/mol. The van der Waals surface area contributed by atoms with E-state index < -0.39 is 13.7 Å². The molecule has 1 saturated heterocycles. The van der Waals surface area contributed by atoms with Gasteiger partial charge in [0.2, 0.25) is 0 Å². The van der Waals surface area contributed by atoms with E-state index in [1.807, 2.05) is 20.8 Å². The fourth-order valence-corrected chi connectivity index (χ4v) is 2.91. The van der Waals surface area contributed by atoms with Crippen LogP contribution in [0.5, 0.6) is 0 Å². The molecule has 2 heterocycles. The second-order valence-corrected chi connectivity index (χ2v) is 13.0. The number of H-pyrrole nitrogens is 1. The Kier molecular flexibility index (Phi) is 5.64. The molecule has 1 N–H and O–H groups in total. The normalized spacial score (nSPS) is 17.4. The summed E-state index contributed by atoms with van der Waals surface area (Å²) < 4.78 is 5.49. The Balaban J connectivity index is 2.09. The van der Waals surface area contributed by atoms with Crippen LogP contribution in [0.15, 0.2) is 6.20 Å². The topological polar surface area (TPSA) is 58.2 Å². The van der Waals surface area contributed by atoms with Crippen molar-refractivity contribution in [2.24, 2.45) is 0 Å². The number of carbonyl (C=O) groups excluding carboxylic acids is 1. The van der Waals surface area contributed by atoms with Crippen molar-refractivity contribution in [1.29, 1.82) is 0 Å². The smallest absolute Gasteiger partial charge is 0.410 e. The lowest BCUT2D eigenvalue weighted by atomic mass is 10.2. The number of carbonyl (C=O) groups is 1. The number of hydrogen-bond acceptors (Lipinski definition) is 3. The summed E-state index contributed by atoms with van der Waals surface area (Å²) in [4.78, 5) is 21.7. The van der Waals surface area contributed by atoms with Crippen molar-refractivity contribution in [3.63, 3.8) is 0 Å². The second kappa shape index (κ2) is 7.37. The number of rotatable bonds is 1. The molecule has 6 heteroatoms. The van der Waals surface area contributed by atoms with Gasteiger partial charge in [-0.2, -0.15) is 0 Å². The van der Waals surface area contributed by atoms with Gasteiger partial charge in [0.1, 0.15) is 25.2 Å². The van der Waals surface area contributed by atoms with Crippen molar-refractivity contribution < 1.29 is 9.53 Å². The second-order valence-electron chi connectivity index (χ2n) is 8.26. The van der Waals surface area contributed by atoms with Crippen LogP contribution in [0.2, 0.25) is 19.6 Å². The van der Waals surface area contributed by atoms with Crippen molar-refractivity contribution in [1.82, 2.24) is 14.9 Å². The summed E-state index contributed by atoms with van der Waals surface area (Å²) in [5.41, 5.74) is 3.43. The Morgan fingerprint density at radius 3 is 2.72 bits per heavy atom. The van der Waals surface area contributed by atoms with E-state index in [9.17, 15) is 4.79 Å². The Bertz CT molecular complexity index is 748. The minimum atomic E-state index is -1.40. The van der Waals surface area contributed by atoms with Gasteiger partial charge >= 0.3 is 6.09 Å². The van der Waals surface area contributed by atoms with Crippen LogP contribution in [-0.4, -0.2) is 41.2 Å². The first-order valence-electron chi connectivity index (χ1n) is 8.63. The van der Waals surface area contributed by atoms with Crippen molar-refractivity contribution in [3.05, 3.63) is 17.7 Å². The zero-order valence-corrected chi connectivity index (χ0v) is 17.0. The zero-order valence-electron chi connectivity index (χ0n) is 16.0. The van der Waals surface area contributed by atoms with Crippen LogP contribution in [0.4, 0.5) is 4.79 Å². The van der Waals surface area contributed by atoms with Crippen LogP contribution < -0.4 is 0 Å². The number of imidazole rings is 1. The van der Waals surface area contributed by atoms with E-state index >= 15 is 0 Å². The third-order valence-corrected chi connectivity index (χ3v) is 4.36. The molecule has 1 aromatic heterocycles. The molecule has 0 spiro atoms. The standard InChI is InChI=1S/C19H27N3O2Si/c1-19(2,3)24-18(23)22-12-9-11-16(22)17-20-14-15(21-17)10-7-8-13-25(4,5)6/h14,16H,9,11-12H2,1-6H3,(H,20,21)/t16-/m0/s1. The van der Waals surface area contributed by atoms with Gasteiger partial charge in [-0.15, -0.1) is 5.54 Å². The summed E-state index contributed by atoms with van der Waals surface area (Å²) in [6.07, 6.45) is 3.21. The van der Waals surface area contributed by atoms with Crippen LogP contribution in [-0.2, 0) is 4.74 Å². The van der Waals surface area contributed by atoms with Gasteiger partial charge in [-0.3, -0.25) is 4.90 Å². The van der Waals surface area contributed by atoms with E-state index in [0.29, 0.717) is 6.54 Å². The van der Waals surface area contributed by atoms with Crippen molar-refractivity contribution in [3.8, 4) is 23.3 Å². The van der Waals surface area contributed by atoms with Gasteiger partial charge in [0.25, 0.3) is 0 Å². The molecule has 1 fully saturated rings. The predicted octanol–water partition coefficient (Wildman–Crippen LogP) is 3.71. The van der Waals surface area contributed by atoms with E-state index in [1.54, 1.807) is 11.1 Å². The summed E-state index contributed by atoms with van der Waals surface area (Å²) in [7, 11) is -1.40. The highest BCUT2D eigenvalue weighted by Crippen LogP contribution is 2.31. The molecule has 1 amide bonds. The minimum absolute atomic E-state index is 0.0848. The molecule has 0 unspecified atom stereocenters. The molecular weight excluding hydrogens is 330 g/mol. The van der Waals surface area contributed by atoms with E-state index in [0.717, 1.165) is 24.4 Å². The lowest BCUT2D eigenvalue weighted by molar-refractivity contribution is 0.0218. The summed E-state index contributed by atoms with van der Waals surface area (Å²) in [6, 6.07) is -0.0848. The molecule has 0 bridgehead atoms. The Labute approximate surface area is 151 Å². The van der Waals surface area contributed by atoms with Gasteiger partial charge in [-0.25, -0.2) is 9.78 Å². The third kappa shape index (κ3) is 5.99. The molecule has 1 aliphatic rings. The molecule has 0 aromatic carbocycles. The average molecular weight is 358 g/mol. The first-order chi connectivity index (χ1) is 11.6. The largest absolute Gasteiger partial charge is 0.444 e. The van der Waals surface area contributed by atoms with Crippen molar-refractivity contribution in [2.45, 2.75) is 64.9 Å². The van der Waals surface area contributed by atoms with Gasteiger partial charge in [-0.1, -0.05) is 19.6 Å². The maximum Gasteiger partial charge on any atom is 0.410 e. The van der Waals surface area contributed by atoms with E-state index in [2.05, 4.69) is 52.9 Å².